The van der Waals surface area contributed by atoms with Gasteiger partial charge in [-0.15, -0.1) is 11.3 Å². The van der Waals surface area contributed by atoms with E-state index in [0.717, 1.165) is 17.8 Å². The molecule has 1 aromatic rings. The number of likely N-dealkylation sites (N-methyl/N-ethyl adjacent to an activating group) is 1. The number of amides is 1. The first-order valence-electron chi connectivity index (χ1n) is 6.64. The lowest BCUT2D eigenvalue weighted by Crippen LogP contribution is -2.37. The average Bonchev–Trinajstić information content (AvgIpc) is 2.92. The molecule has 0 saturated carbocycles. The number of nitrogens with zero attached hydrogens (tertiary/aromatic N) is 1. The van der Waals surface area contributed by atoms with Crippen molar-refractivity contribution < 1.29 is 14.3 Å². The Labute approximate surface area is 123 Å². The summed E-state index contributed by atoms with van der Waals surface area (Å²) in [7, 11) is 3.48. The lowest BCUT2D eigenvalue weighted by Gasteiger charge is -2.15. The predicted molar refractivity (Wildman–Crippen MR) is 80.3 cm³/mol. The minimum absolute atomic E-state index is 0.0193. The number of hydrogen-bond donors (Lipinski definition) is 1. The summed E-state index contributed by atoms with van der Waals surface area (Å²) >= 11 is 1.47. The van der Waals surface area contributed by atoms with Crippen molar-refractivity contribution in [1.82, 2.24) is 10.2 Å². The number of nitrogens with one attached hydrogen (secondary N) is 1. The van der Waals surface area contributed by atoms with E-state index in [1.165, 1.54) is 11.3 Å². The Hall–Kier alpha value is -1.24. The third kappa shape index (κ3) is 6.79. The maximum Gasteiger partial charge on any atom is 0.234 e. The number of ketones is 1. The zero-order chi connectivity index (χ0) is 14.8. The van der Waals surface area contributed by atoms with E-state index in [9.17, 15) is 9.59 Å². The summed E-state index contributed by atoms with van der Waals surface area (Å²) in [4.78, 5) is 26.1. The summed E-state index contributed by atoms with van der Waals surface area (Å²) in [5.41, 5.74) is 0. The predicted octanol–water partition coefficient (Wildman–Crippen LogP) is 1.41. The van der Waals surface area contributed by atoms with Gasteiger partial charge in [0.15, 0.2) is 5.78 Å². The fourth-order valence-electron chi connectivity index (χ4n) is 1.74. The minimum atomic E-state index is -0.0193. The standard InChI is InChI=1S/C14H22N2O3S/c1-16(11-14(18)15-7-9-19-2)8-3-5-12(17)13-6-4-10-20-13/h4,6,10H,3,5,7-9,11H2,1-2H3,(H,15,18). The highest BCUT2D eigenvalue weighted by molar-refractivity contribution is 7.12. The van der Waals surface area contributed by atoms with Gasteiger partial charge in [-0.2, -0.15) is 0 Å². The van der Waals surface area contributed by atoms with Gasteiger partial charge in [-0.25, -0.2) is 0 Å². The number of Topliss-reactive ketones (excluding diaryl/α,β-unsaturated/α-hetero) is 1. The molecule has 0 atom stereocenters. The Morgan fingerprint density at radius 3 is 2.90 bits per heavy atom. The van der Waals surface area contributed by atoms with Crippen LogP contribution in [0.3, 0.4) is 0 Å². The number of carbonyl (C=O) groups is 2. The number of rotatable bonds is 10. The zero-order valence-corrected chi connectivity index (χ0v) is 12.9. The first-order valence-corrected chi connectivity index (χ1v) is 7.52. The zero-order valence-electron chi connectivity index (χ0n) is 12.1. The molecular weight excluding hydrogens is 276 g/mol. The first-order chi connectivity index (χ1) is 9.63. The van der Waals surface area contributed by atoms with Crippen LogP contribution >= 0.6 is 11.3 Å². The number of hydrogen-bond acceptors (Lipinski definition) is 5. The van der Waals surface area contributed by atoms with Crippen LogP contribution < -0.4 is 5.32 Å². The van der Waals surface area contributed by atoms with E-state index in [1.807, 2.05) is 29.5 Å². The van der Waals surface area contributed by atoms with Gasteiger partial charge in [0.2, 0.25) is 5.91 Å². The molecule has 0 aliphatic heterocycles. The SMILES string of the molecule is COCCNC(=O)CN(C)CCCC(=O)c1cccs1. The van der Waals surface area contributed by atoms with Crippen LogP contribution in [0.2, 0.25) is 0 Å². The number of methoxy groups -OCH3 is 1. The molecule has 0 bridgehead atoms. The Kier molecular flexibility index (Phi) is 8.10. The summed E-state index contributed by atoms with van der Waals surface area (Å²) in [5.74, 6) is 0.159. The van der Waals surface area contributed by atoms with Gasteiger partial charge in [-0.1, -0.05) is 6.07 Å². The third-order valence-corrected chi connectivity index (χ3v) is 3.69. The van der Waals surface area contributed by atoms with E-state index in [-0.39, 0.29) is 11.7 Å². The lowest BCUT2D eigenvalue weighted by molar-refractivity contribution is -0.122. The molecule has 6 heteroatoms. The largest absolute Gasteiger partial charge is 0.383 e. The number of ether oxygens (including phenoxy) is 1. The van der Waals surface area contributed by atoms with Crippen LogP contribution in [0, 0.1) is 0 Å². The van der Waals surface area contributed by atoms with Crippen LogP contribution in [0.4, 0.5) is 0 Å². The van der Waals surface area contributed by atoms with Gasteiger partial charge in [0.05, 0.1) is 18.0 Å². The van der Waals surface area contributed by atoms with Gasteiger partial charge in [0.25, 0.3) is 0 Å². The molecule has 1 aromatic heterocycles. The quantitative estimate of drug-likeness (QED) is 0.524. The highest BCUT2D eigenvalue weighted by atomic mass is 32.1. The molecule has 1 N–H and O–H groups in total. The van der Waals surface area contributed by atoms with E-state index >= 15 is 0 Å². The van der Waals surface area contributed by atoms with Crippen LogP contribution in [0.1, 0.15) is 22.5 Å². The van der Waals surface area contributed by atoms with Crippen molar-refractivity contribution in [1.29, 1.82) is 0 Å². The molecule has 1 rings (SSSR count). The van der Waals surface area contributed by atoms with E-state index in [0.29, 0.717) is 26.1 Å². The van der Waals surface area contributed by atoms with Crippen molar-refractivity contribution in [3.8, 4) is 0 Å². The van der Waals surface area contributed by atoms with E-state index in [2.05, 4.69) is 5.32 Å². The van der Waals surface area contributed by atoms with Gasteiger partial charge < -0.3 is 10.1 Å². The molecule has 0 aromatic carbocycles. The maximum absolute atomic E-state index is 11.8. The molecule has 0 radical (unpaired) electrons. The Morgan fingerprint density at radius 1 is 1.45 bits per heavy atom. The van der Waals surface area contributed by atoms with E-state index in [4.69, 9.17) is 4.74 Å². The van der Waals surface area contributed by atoms with Crippen molar-refractivity contribution in [2.75, 3.05) is 40.4 Å². The van der Waals surface area contributed by atoms with Crippen LogP contribution in [0.25, 0.3) is 0 Å². The highest BCUT2D eigenvalue weighted by Crippen LogP contribution is 2.12. The van der Waals surface area contributed by atoms with Crippen LogP contribution in [-0.2, 0) is 9.53 Å². The molecule has 0 unspecified atom stereocenters. The van der Waals surface area contributed by atoms with Gasteiger partial charge in [-0.3, -0.25) is 14.5 Å². The summed E-state index contributed by atoms with van der Waals surface area (Å²) in [6, 6.07) is 3.73. The summed E-state index contributed by atoms with van der Waals surface area (Å²) in [5, 5.41) is 4.67. The second-order valence-corrected chi connectivity index (χ2v) is 5.53. The fourth-order valence-corrected chi connectivity index (χ4v) is 2.44. The van der Waals surface area contributed by atoms with Gasteiger partial charge in [0, 0.05) is 20.1 Å². The molecule has 0 saturated heterocycles. The third-order valence-electron chi connectivity index (χ3n) is 2.78. The number of thiophene rings is 1. The Bertz CT molecular complexity index is 407. The van der Waals surface area contributed by atoms with Gasteiger partial charge in [-0.05, 0) is 31.5 Å². The Balaban J connectivity index is 2.12. The molecule has 1 amide bonds. The smallest absolute Gasteiger partial charge is 0.234 e. The van der Waals surface area contributed by atoms with Crippen molar-refractivity contribution in [3.63, 3.8) is 0 Å². The van der Waals surface area contributed by atoms with Crippen LogP contribution in [-0.4, -0.2) is 57.0 Å². The summed E-state index contributed by atoms with van der Waals surface area (Å²) < 4.78 is 4.86. The van der Waals surface area contributed by atoms with Crippen molar-refractivity contribution >= 4 is 23.0 Å². The van der Waals surface area contributed by atoms with Crippen molar-refractivity contribution in [2.24, 2.45) is 0 Å². The first kappa shape index (κ1) is 16.8. The van der Waals surface area contributed by atoms with Gasteiger partial charge >= 0.3 is 0 Å². The summed E-state index contributed by atoms with van der Waals surface area (Å²) in [6.45, 7) is 2.12. The summed E-state index contributed by atoms with van der Waals surface area (Å²) in [6.07, 6.45) is 1.29. The maximum atomic E-state index is 11.8. The molecule has 0 aliphatic rings. The molecule has 0 fully saturated rings. The molecule has 0 aliphatic carbocycles. The second-order valence-electron chi connectivity index (χ2n) is 4.58. The van der Waals surface area contributed by atoms with Crippen molar-refractivity contribution in [3.05, 3.63) is 22.4 Å². The normalized spacial score (nSPS) is 10.8. The molecule has 0 spiro atoms. The average molecular weight is 298 g/mol. The minimum Gasteiger partial charge on any atom is -0.383 e. The van der Waals surface area contributed by atoms with Crippen molar-refractivity contribution in [2.45, 2.75) is 12.8 Å². The molecule has 5 nitrogen and oxygen atoms in total. The van der Waals surface area contributed by atoms with E-state index < -0.39 is 0 Å². The topological polar surface area (TPSA) is 58.6 Å². The highest BCUT2D eigenvalue weighted by Gasteiger charge is 2.09. The fraction of sp³-hybridized carbons (Fsp3) is 0.571. The number of carbonyl (C=O) groups excluding carboxylic acids is 2. The molecule has 112 valence electrons. The van der Waals surface area contributed by atoms with Crippen LogP contribution in [0.15, 0.2) is 17.5 Å². The van der Waals surface area contributed by atoms with E-state index in [1.54, 1.807) is 7.11 Å². The second kappa shape index (κ2) is 9.63. The van der Waals surface area contributed by atoms with Crippen LogP contribution in [0.5, 0.6) is 0 Å². The molecule has 1 heterocycles. The lowest BCUT2D eigenvalue weighted by atomic mass is 10.2. The molecular formula is C14H22N2O3S. The Morgan fingerprint density at radius 2 is 2.25 bits per heavy atom. The monoisotopic (exact) mass is 298 g/mol. The molecule has 20 heavy (non-hydrogen) atoms. The van der Waals surface area contributed by atoms with Gasteiger partial charge in [0.1, 0.15) is 0 Å².